The minimum Gasteiger partial charge on any atom is -0.496 e. The van der Waals surface area contributed by atoms with Gasteiger partial charge in [0.2, 0.25) is 5.91 Å². The van der Waals surface area contributed by atoms with Crippen LogP contribution in [0.2, 0.25) is 0 Å². The Kier molecular flexibility index (Phi) is 6.88. The third-order valence-corrected chi connectivity index (χ3v) is 6.88. The van der Waals surface area contributed by atoms with Crippen molar-refractivity contribution < 1.29 is 13.9 Å². The number of hydrogen-bond acceptors (Lipinski definition) is 6. The molecule has 0 atom stereocenters. The number of nitrogens with zero attached hydrogens (tertiary/aromatic N) is 4. The lowest BCUT2D eigenvalue weighted by Crippen LogP contribution is -2.44. The number of ether oxygens (including phenoxy) is 1. The van der Waals surface area contributed by atoms with Gasteiger partial charge in [-0.3, -0.25) is 18.7 Å². The van der Waals surface area contributed by atoms with E-state index in [9.17, 15) is 18.8 Å². The molecule has 0 bridgehead atoms. The third kappa shape index (κ3) is 4.76. The summed E-state index contributed by atoms with van der Waals surface area (Å²) in [5.41, 5.74) is 0.109. The van der Waals surface area contributed by atoms with Crippen LogP contribution in [0.25, 0.3) is 15.2 Å². The Morgan fingerprint density at radius 2 is 2.03 bits per heavy atom. The van der Waals surface area contributed by atoms with Gasteiger partial charge >= 0.3 is 5.69 Å². The lowest BCUT2D eigenvalue weighted by molar-refractivity contribution is -0.122. The number of benzene rings is 1. The van der Waals surface area contributed by atoms with Gasteiger partial charge in [-0.1, -0.05) is 11.3 Å². The number of carbonyl (C=O) groups excluding carboxylic acids is 1. The fourth-order valence-electron chi connectivity index (χ4n) is 4.01. The topological polar surface area (TPSA) is 100 Å². The number of nitrogens with one attached hydrogen (secondary N) is 1. The second-order valence-corrected chi connectivity index (χ2v) is 9.39. The smallest absolute Gasteiger partial charge is 0.332 e. The average Bonchev–Trinajstić information content (AvgIpc) is 3.44. The quantitative estimate of drug-likeness (QED) is 0.402. The van der Waals surface area contributed by atoms with E-state index in [1.165, 1.54) is 41.2 Å². The fourth-order valence-corrected chi connectivity index (χ4v) is 5.27. The van der Waals surface area contributed by atoms with Crippen LogP contribution in [0, 0.1) is 12.7 Å². The molecule has 1 N–H and O–H groups in total. The van der Waals surface area contributed by atoms with Crippen molar-refractivity contribution in [1.29, 1.82) is 0 Å². The molecular weight excluding hydrogens is 473 g/mol. The van der Waals surface area contributed by atoms with Crippen LogP contribution in [0.15, 0.2) is 46.2 Å². The second kappa shape index (κ2) is 9.87. The van der Waals surface area contributed by atoms with Crippen molar-refractivity contribution in [2.45, 2.75) is 46.3 Å². The van der Waals surface area contributed by atoms with E-state index in [1.54, 1.807) is 43.9 Å². The number of hydrogen-bond donors (Lipinski definition) is 1. The summed E-state index contributed by atoms with van der Waals surface area (Å²) < 4.78 is 23.3. The van der Waals surface area contributed by atoms with E-state index in [2.05, 4.69) is 10.4 Å². The summed E-state index contributed by atoms with van der Waals surface area (Å²) >= 11 is 1.27. The van der Waals surface area contributed by atoms with Crippen molar-refractivity contribution in [2.24, 2.45) is 0 Å². The number of aryl methyl sites for hydroxylation is 3. The first kappa shape index (κ1) is 24.4. The first-order valence-electron chi connectivity index (χ1n) is 11.1. The molecular formula is C24H26FN5O4S. The molecule has 0 fully saturated rings. The zero-order valence-corrected chi connectivity index (χ0v) is 20.7. The Hall–Kier alpha value is -3.73. The molecule has 0 saturated carbocycles. The van der Waals surface area contributed by atoms with E-state index in [0.717, 1.165) is 4.57 Å². The summed E-state index contributed by atoms with van der Waals surface area (Å²) in [5.74, 6) is -0.349. The zero-order valence-electron chi connectivity index (χ0n) is 19.9. The standard InChI is InChI=1S/C24H26FN5O4S/c1-14(2)27-19(31)13-29-21(32)20-15(3)22(30-10-5-9-26-30)35-23(20)28(24(29)33)11-8-16-12-17(25)6-7-18(16)34-4/h5-7,9-10,12,14H,8,11,13H2,1-4H3,(H,27,31). The SMILES string of the molecule is COc1ccc(F)cc1CCn1c(=O)n(CC(=O)NC(C)C)c(=O)c2c(C)c(-n3cccn3)sc21. The molecule has 0 aliphatic rings. The first-order chi connectivity index (χ1) is 16.7. The molecule has 4 aromatic rings. The molecule has 0 spiro atoms. The van der Waals surface area contributed by atoms with Crippen molar-refractivity contribution >= 4 is 27.5 Å². The summed E-state index contributed by atoms with van der Waals surface area (Å²) in [6, 6.07) is 5.83. The van der Waals surface area contributed by atoms with Gasteiger partial charge < -0.3 is 10.1 Å². The molecule has 11 heteroatoms. The van der Waals surface area contributed by atoms with Crippen LogP contribution >= 0.6 is 11.3 Å². The lowest BCUT2D eigenvalue weighted by Gasteiger charge is -2.14. The highest BCUT2D eigenvalue weighted by molar-refractivity contribution is 7.21. The predicted molar refractivity (Wildman–Crippen MR) is 132 cm³/mol. The molecule has 0 aliphatic heterocycles. The summed E-state index contributed by atoms with van der Waals surface area (Å²) in [5, 5.41) is 8.03. The third-order valence-electron chi connectivity index (χ3n) is 5.58. The molecule has 9 nitrogen and oxygen atoms in total. The van der Waals surface area contributed by atoms with E-state index in [0.29, 0.717) is 32.1 Å². The van der Waals surface area contributed by atoms with Crippen molar-refractivity contribution in [2.75, 3.05) is 7.11 Å². The van der Waals surface area contributed by atoms with E-state index in [1.807, 2.05) is 0 Å². The van der Waals surface area contributed by atoms with E-state index >= 15 is 0 Å². The molecule has 0 unspecified atom stereocenters. The summed E-state index contributed by atoms with van der Waals surface area (Å²) in [7, 11) is 1.49. The van der Waals surface area contributed by atoms with E-state index in [-0.39, 0.29) is 19.0 Å². The first-order valence-corrected chi connectivity index (χ1v) is 11.9. The van der Waals surface area contributed by atoms with Crippen molar-refractivity contribution in [3.8, 4) is 10.8 Å². The van der Waals surface area contributed by atoms with Gasteiger partial charge in [-0.2, -0.15) is 5.10 Å². The van der Waals surface area contributed by atoms with Crippen LogP contribution in [0.3, 0.4) is 0 Å². The highest BCUT2D eigenvalue weighted by atomic mass is 32.1. The van der Waals surface area contributed by atoms with Crippen LogP contribution < -0.4 is 21.3 Å². The molecule has 0 radical (unpaired) electrons. The molecule has 35 heavy (non-hydrogen) atoms. The number of fused-ring (bicyclic) bond motifs is 1. The minimum atomic E-state index is -0.606. The van der Waals surface area contributed by atoms with Gasteiger partial charge in [0, 0.05) is 30.5 Å². The van der Waals surface area contributed by atoms with Gasteiger partial charge in [0.15, 0.2) is 0 Å². The molecule has 3 aromatic heterocycles. The van der Waals surface area contributed by atoms with Gasteiger partial charge in [-0.15, -0.1) is 0 Å². The number of methoxy groups -OCH3 is 1. The van der Waals surface area contributed by atoms with Crippen molar-refractivity contribution in [1.82, 2.24) is 24.2 Å². The summed E-state index contributed by atoms with van der Waals surface area (Å²) in [6.45, 7) is 5.14. The molecule has 4 rings (SSSR count). The number of carbonyl (C=O) groups is 1. The second-order valence-electron chi connectivity index (χ2n) is 8.42. The molecule has 184 valence electrons. The van der Waals surface area contributed by atoms with Crippen LogP contribution in [0.5, 0.6) is 5.75 Å². The molecule has 1 aromatic carbocycles. The van der Waals surface area contributed by atoms with Gasteiger partial charge in [0.05, 0.1) is 12.5 Å². The van der Waals surface area contributed by atoms with Gasteiger partial charge in [-0.25, -0.2) is 13.9 Å². The van der Waals surface area contributed by atoms with Gasteiger partial charge in [0.1, 0.15) is 27.9 Å². The molecule has 0 aliphatic carbocycles. The Morgan fingerprint density at radius 3 is 2.69 bits per heavy atom. The van der Waals surface area contributed by atoms with Crippen LogP contribution in [0.1, 0.15) is 25.0 Å². The number of rotatable bonds is 8. The number of thiophene rings is 1. The normalized spacial score (nSPS) is 11.4. The Labute approximate surface area is 204 Å². The van der Waals surface area contributed by atoms with Crippen molar-refractivity contribution in [3.63, 3.8) is 0 Å². The van der Waals surface area contributed by atoms with E-state index in [4.69, 9.17) is 4.74 Å². The van der Waals surface area contributed by atoms with Crippen molar-refractivity contribution in [3.05, 3.63) is 74.4 Å². The lowest BCUT2D eigenvalue weighted by atomic mass is 10.1. The molecule has 0 saturated heterocycles. The maximum absolute atomic E-state index is 13.9. The Balaban J connectivity index is 1.88. The van der Waals surface area contributed by atoms with Crippen LogP contribution in [-0.2, 0) is 24.3 Å². The number of amides is 1. The van der Waals surface area contributed by atoms with Gasteiger partial charge in [-0.05, 0) is 57.0 Å². The van der Waals surface area contributed by atoms with Gasteiger partial charge in [0.25, 0.3) is 5.56 Å². The van der Waals surface area contributed by atoms with Crippen LogP contribution in [-0.4, -0.2) is 38.0 Å². The Morgan fingerprint density at radius 1 is 1.26 bits per heavy atom. The van der Waals surface area contributed by atoms with Crippen LogP contribution in [0.4, 0.5) is 4.39 Å². The predicted octanol–water partition coefficient (Wildman–Crippen LogP) is 2.63. The fraction of sp³-hybridized carbons (Fsp3) is 0.333. The maximum atomic E-state index is 13.9. The summed E-state index contributed by atoms with van der Waals surface area (Å²) in [6.07, 6.45) is 3.66. The molecule has 1 amide bonds. The van der Waals surface area contributed by atoms with E-state index < -0.39 is 29.5 Å². The largest absolute Gasteiger partial charge is 0.496 e. The Bertz CT molecular complexity index is 1500. The summed E-state index contributed by atoms with van der Waals surface area (Å²) in [4.78, 5) is 39.9. The maximum Gasteiger partial charge on any atom is 0.332 e. The number of aromatic nitrogens is 4. The molecule has 3 heterocycles. The highest BCUT2D eigenvalue weighted by Crippen LogP contribution is 2.31. The average molecular weight is 500 g/mol. The minimum absolute atomic E-state index is 0.140. The monoisotopic (exact) mass is 499 g/mol. The highest BCUT2D eigenvalue weighted by Gasteiger charge is 2.22. The zero-order chi connectivity index (χ0) is 25.3. The number of halogens is 1.